The summed E-state index contributed by atoms with van der Waals surface area (Å²) in [5, 5.41) is 21.3. The molecule has 30 heavy (non-hydrogen) atoms. The van der Waals surface area contributed by atoms with Crippen LogP contribution in [0.5, 0.6) is 0 Å². The molecule has 0 aromatic heterocycles. The summed E-state index contributed by atoms with van der Waals surface area (Å²) >= 11 is 0. The largest absolute Gasteiger partial charge is 0.413 e. The summed E-state index contributed by atoms with van der Waals surface area (Å²) in [6.45, 7) is 25.9. The highest BCUT2D eigenvalue weighted by atomic mass is 28.4. The standard InChI is InChI=1S/C23H48O5Si2/c1-14(2)30(15(3)4,16(5)6)28-18-13-19(27-29(11,12)23(8,9)10)21(25)22(26)20(24)17(18)7/h14-20,22,24,26H,13H2,1-12H3/t17-,18?,19?,20-,22-/m1/s1. The quantitative estimate of drug-likeness (QED) is 0.400. The van der Waals surface area contributed by atoms with Crippen LogP contribution in [0.1, 0.15) is 75.7 Å². The van der Waals surface area contributed by atoms with Gasteiger partial charge in [0.15, 0.2) is 14.1 Å². The van der Waals surface area contributed by atoms with Gasteiger partial charge in [-0.3, -0.25) is 4.79 Å². The van der Waals surface area contributed by atoms with Gasteiger partial charge in [0, 0.05) is 12.3 Å². The van der Waals surface area contributed by atoms with E-state index in [0.717, 1.165) is 0 Å². The first-order chi connectivity index (χ1) is 13.4. The van der Waals surface area contributed by atoms with Crippen molar-refractivity contribution in [1.82, 2.24) is 0 Å². The number of carbonyl (C=O) groups excluding carboxylic acids is 1. The van der Waals surface area contributed by atoms with Crippen LogP contribution in [0.15, 0.2) is 0 Å². The number of aliphatic hydroxyl groups is 2. The topological polar surface area (TPSA) is 76.0 Å². The number of Topliss-reactive ketones (excluding diaryl/α,β-unsaturated/α-hetero) is 1. The van der Waals surface area contributed by atoms with Gasteiger partial charge in [0.25, 0.3) is 0 Å². The maximum atomic E-state index is 13.1. The van der Waals surface area contributed by atoms with Crippen molar-refractivity contribution < 1.29 is 23.9 Å². The Kier molecular flexibility index (Phi) is 9.17. The van der Waals surface area contributed by atoms with Gasteiger partial charge in [-0.25, -0.2) is 0 Å². The average Bonchev–Trinajstić information content (AvgIpc) is 2.65. The van der Waals surface area contributed by atoms with Gasteiger partial charge in [-0.05, 0) is 34.8 Å². The van der Waals surface area contributed by atoms with Crippen LogP contribution in [0.3, 0.4) is 0 Å². The molecule has 2 unspecified atom stereocenters. The van der Waals surface area contributed by atoms with Gasteiger partial charge in [0.05, 0.1) is 12.2 Å². The Bertz CT molecular complexity index is 561. The molecule has 1 aliphatic carbocycles. The lowest BCUT2D eigenvalue weighted by Gasteiger charge is -2.46. The van der Waals surface area contributed by atoms with Crippen LogP contribution in [0, 0.1) is 5.92 Å². The minimum absolute atomic E-state index is 0.0581. The molecule has 0 spiro atoms. The predicted molar refractivity (Wildman–Crippen MR) is 129 cm³/mol. The molecule has 0 heterocycles. The molecule has 5 nitrogen and oxygen atoms in total. The first kappa shape index (κ1) is 28.0. The summed E-state index contributed by atoms with van der Waals surface area (Å²) in [5.41, 5.74) is 1.18. The molecular formula is C23H48O5Si2. The molecule has 0 amide bonds. The summed E-state index contributed by atoms with van der Waals surface area (Å²) in [6.07, 6.45) is -3.26. The zero-order chi connectivity index (χ0) is 23.8. The molecule has 0 aliphatic heterocycles. The molecular weight excluding hydrogens is 412 g/mol. The minimum atomic E-state index is -2.24. The second kappa shape index (κ2) is 9.83. The van der Waals surface area contributed by atoms with Gasteiger partial charge in [0.1, 0.15) is 12.2 Å². The monoisotopic (exact) mass is 460 g/mol. The number of ketones is 1. The molecule has 0 aromatic carbocycles. The second-order valence-corrected chi connectivity index (χ2v) is 21.9. The Morgan fingerprint density at radius 2 is 1.37 bits per heavy atom. The predicted octanol–water partition coefficient (Wildman–Crippen LogP) is 5.27. The van der Waals surface area contributed by atoms with E-state index in [4.69, 9.17) is 8.85 Å². The van der Waals surface area contributed by atoms with Crippen molar-refractivity contribution in [2.45, 2.75) is 135 Å². The van der Waals surface area contributed by atoms with Crippen molar-refractivity contribution in [2.75, 3.05) is 0 Å². The highest BCUT2D eigenvalue weighted by Gasteiger charge is 2.52. The molecule has 0 radical (unpaired) electrons. The minimum Gasteiger partial charge on any atom is -0.413 e. The lowest BCUT2D eigenvalue weighted by molar-refractivity contribution is -0.140. The van der Waals surface area contributed by atoms with Crippen molar-refractivity contribution in [3.05, 3.63) is 0 Å². The average molecular weight is 461 g/mol. The first-order valence-electron chi connectivity index (χ1n) is 11.7. The molecule has 0 bridgehead atoms. The van der Waals surface area contributed by atoms with E-state index in [9.17, 15) is 15.0 Å². The van der Waals surface area contributed by atoms with E-state index < -0.39 is 40.7 Å². The smallest absolute Gasteiger partial charge is 0.200 e. The van der Waals surface area contributed by atoms with Gasteiger partial charge in [-0.2, -0.15) is 0 Å². The molecule has 5 atom stereocenters. The third-order valence-corrected chi connectivity index (χ3v) is 18.4. The van der Waals surface area contributed by atoms with Gasteiger partial charge in [0.2, 0.25) is 8.32 Å². The number of carbonyl (C=O) groups is 1. The molecule has 0 saturated heterocycles. The Morgan fingerprint density at radius 1 is 0.933 bits per heavy atom. The van der Waals surface area contributed by atoms with Gasteiger partial charge < -0.3 is 19.1 Å². The fourth-order valence-corrected chi connectivity index (χ4v) is 11.8. The second-order valence-electron chi connectivity index (χ2n) is 11.8. The lowest BCUT2D eigenvalue weighted by Crippen LogP contribution is -2.53. The summed E-state index contributed by atoms with van der Waals surface area (Å²) in [5.74, 6) is -0.753. The molecule has 0 aromatic rings. The van der Waals surface area contributed by atoms with Gasteiger partial charge >= 0.3 is 0 Å². The Balaban J connectivity index is 3.38. The Labute approximate surface area is 187 Å². The highest BCUT2D eigenvalue weighted by Crippen LogP contribution is 2.45. The molecule has 178 valence electrons. The maximum absolute atomic E-state index is 13.1. The zero-order valence-corrected chi connectivity index (χ0v) is 23.4. The van der Waals surface area contributed by atoms with E-state index in [-0.39, 0.29) is 17.1 Å². The number of rotatable bonds is 7. The van der Waals surface area contributed by atoms with E-state index in [2.05, 4.69) is 75.4 Å². The Hall–Kier alpha value is -0.0562. The third kappa shape index (κ3) is 5.46. The van der Waals surface area contributed by atoms with E-state index in [1.807, 2.05) is 6.92 Å². The first-order valence-corrected chi connectivity index (χ1v) is 16.7. The maximum Gasteiger partial charge on any atom is 0.200 e. The van der Waals surface area contributed by atoms with Crippen LogP contribution in [0.4, 0.5) is 0 Å². The van der Waals surface area contributed by atoms with E-state index in [1.165, 1.54) is 0 Å². The molecule has 2 N–H and O–H groups in total. The summed E-state index contributed by atoms with van der Waals surface area (Å²) in [4.78, 5) is 13.1. The van der Waals surface area contributed by atoms with Gasteiger partial charge in [-0.15, -0.1) is 0 Å². The van der Waals surface area contributed by atoms with Crippen LogP contribution in [0.25, 0.3) is 0 Å². The van der Waals surface area contributed by atoms with Crippen LogP contribution in [0.2, 0.25) is 34.8 Å². The van der Waals surface area contributed by atoms with Crippen LogP contribution in [-0.2, 0) is 13.6 Å². The fraction of sp³-hybridized carbons (Fsp3) is 0.957. The molecule has 1 rings (SSSR count). The number of aliphatic hydroxyl groups excluding tert-OH is 2. The van der Waals surface area contributed by atoms with Crippen LogP contribution >= 0.6 is 0 Å². The van der Waals surface area contributed by atoms with Crippen LogP contribution in [-0.4, -0.2) is 57.0 Å². The van der Waals surface area contributed by atoms with Crippen molar-refractivity contribution in [3.63, 3.8) is 0 Å². The fourth-order valence-electron chi connectivity index (χ4n) is 4.87. The van der Waals surface area contributed by atoms with Crippen LogP contribution < -0.4 is 0 Å². The molecule has 7 heteroatoms. The van der Waals surface area contributed by atoms with Gasteiger partial charge in [-0.1, -0.05) is 69.2 Å². The van der Waals surface area contributed by atoms with Crippen molar-refractivity contribution >= 4 is 22.4 Å². The van der Waals surface area contributed by atoms with Crippen molar-refractivity contribution in [1.29, 1.82) is 0 Å². The summed E-state index contributed by atoms with van der Waals surface area (Å²) in [7, 11) is -4.47. The molecule has 1 saturated carbocycles. The van der Waals surface area contributed by atoms with E-state index in [0.29, 0.717) is 23.0 Å². The number of hydrogen-bond acceptors (Lipinski definition) is 5. The van der Waals surface area contributed by atoms with E-state index >= 15 is 0 Å². The number of hydrogen-bond donors (Lipinski definition) is 2. The SMILES string of the molecule is CC(C)[Si](OC1CC(O[Si](C)(C)C(C)(C)C)C(=O)[C@H](O)[C@H](O)[C@@H]1C)(C(C)C)C(C)C. The normalized spacial score (nSPS) is 29.8. The lowest BCUT2D eigenvalue weighted by atomic mass is 9.96. The van der Waals surface area contributed by atoms with Crippen molar-refractivity contribution in [2.24, 2.45) is 5.92 Å². The highest BCUT2D eigenvalue weighted by molar-refractivity contribution is 6.77. The Morgan fingerprint density at radius 3 is 1.73 bits per heavy atom. The summed E-state index contributed by atoms with van der Waals surface area (Å²) < 4.78 is 13.5. The van der Waals surface area contributed by atoms with Crippen molar-refractivity contribution in [3.8, 4) is 0 Å². The molecule has 1 fully saturated rings. The van der Waals surface area contributed by atoms with E-state index in [1.54, 1.807) is 0 Å². The third-order valence-electron chi connectivity index (χ3n) is 7.81. The zero-order valence-electron chi connectivity index (χ0n) is 21.4. The molecule has 1 aliphatic rings. The summed E-state index contributed by atoms with van der Waals surface area (Å²) in [6, 6.07) is 0.